The van der Waals surface area contributed by atoms with Crippen molar-refractivity contribution < 1.29 is 9.47 Å². The molecule has 1 heterocycles. The quantitative estimate of drug-likeness (QED) is 0.258. The Bertz CT molecular complexity index is 1260. The smallest absolute Gasteiger partial charge is 0.282 e. The summed E-state index contributed by atoms with van der Waals surface area (Å²) in [4.78, 5) is 17.9. The molecule has 0 amide bonds. The Morgan fingerprint density at radius 1 is 1.21 bits per heavy atom. The topological polar surface area (TPSA) is 65.7 Å². The minimum atomic E-state index is -0.245. The van der Waals surface area contributed by atoms with Crippen molar-refractivity contribution in [3.63, 3.8) is 0 Å². The Kier molecular flexibility index (Phi) is 8.59. The van der Waals surface area contributed by atoms with Gasteiger partial charge in [0.05, 0.1) is 29.8 Å². The van der Waals surface area contributed by atoms with Crippen molar-refractivity contribution in [2.75, 3.05) is 6.61 Å². The fourth-order valence-electron chi connectivity index (χ4n) is 3.13. The summed E-state index contributed by atoms with van der Waals surface area (Å²) < 4.78 is 14.5. The van der Waals surface area contributed by atoms with Gasteiger partial charge in [-0.25, -0.2) is 4.98 Å². The van der Waals surface area contributed by atoms with Gasteiger partial charge in [0.25, 0.3) is 5.56 Å². The number of fused-ring (bicyclic) bond motifs is 1. The summed E-state index contributed by atoms with van der Waals surface area (Å²) in [7, 11) is 0. The highest BCUT2D eigenvalue weighted by Crippen LogP contribution is 2.43. The van der Waals surface area contributed by atoms with Crippen LogP contribution < -0.4 is 15.0 Å². The van der Waals surface area contributed by atoms with Crippen LogP contribution in [0.5, 0.6) is 11.5 Å². The minimum Gasteiger partial charge on any atom is -0.490 e. The highest BCUT2D eigenvalue weighted by atomic mass is 79.9. The lowest BCUT2D eigenvalue weighted by molar-refractivity contribution is 0.203. The molecule has 0 N–H and O–H groups in total. The van der Waals surface area contributed by atoms with E-state index in [4.69, 9.17) is 21.1 Å². The number of nitrogens with zero attached hydrogens (tertiary/aromatic N) is 3. The maximum Gasteiger partial charge on any atom is 0.282 e. The molecule has 0 spiro atoms. The van der Waals surface area contributed by atoms with Crippen LogP contribution in [0, 0.1) is 0 Å². The van der Waals surface area contributed by atoms with Gasteiger partial charge >= 0.3 is 0 Å². The molecule has 9 heteroatoms. The fourth-order valence-corrected chi connectivity index (χ4v) is 4.13. The maximum atomic E-state index is 13.3. The molecular formula is C24H26Br2ClN3O3. The van der Waals surface area contributed by atoms with Crippen LogP contribution >= 0.6 is 43.5 Å². The van der Waals surface area contributed by atoms with Crippen molar-refractivity contribution in [3.05, 3.63) is 60.0 Å². The van der Waals surface area contributed by atoms with Gasteiger partial charge < -0.3 is 9.47 Å². The van der Waals surface area contributed by atoms with E-state index >= 15 is 0 Å². The molecule has 3 rings (SSSR count). The molecule has 2 aromatic carbocycles. The Morgan fingerprint density at radius 2 is 1.94 bits per heavy atom. The molecule has 1 aromatic heterocycles. The van der Waals surface area contributed by atoms with Gasteiger partial charge in [-0.2, -0.15) is 9.78 Å². The summed E-state index contributed by atoms with van der Waals surface area (Å²) in [5, 5.41) is 5.37. The van der Waals surface area contributed by atoms with Crippen LogP contribution in [-0.2, 0) is 0 Å². The Labute approximate surface area is 215 Å². The molecule has 0 aliphatic carbocycles. The third-order valence-electron chi connectivity index (χ3n) is 5.01. The lowest BCUT2D eigenvalue weighted by Crippen LogP contribution is -2.23. The van der Waals surface area contributed by atoms with Crippen molar-refractivity contribution in [2.24, 2.45) is 5.10 Å². The standard InChI is InChI=1S/C24H26Br2ClN3O3/c1-6-14(5)33-22-19(32-7-2)10-15(20(26)21(22)27)12-28-30-23(13(3)4)29-18-9-8-16(25)11-17(18)24(30)31/h8-14H,6-7H2,1-5H3/t14-/m1/s1. The van der Waals surface area contributed by atoms with Crippen LogP contribution in [-0.4, -0.2) is 28.6 Å². The molecule has 0 fully saturated rings. The fraction of sp³-hybridized carbons (Fsp3) is 0.375. The zero-order chi connectivity index (χ0) is 24.3. The lowest BCUT2D eigenvalue weighted by atomic mass is 10.2. The predicted octanol–water partition coefficient (Wildman–Crippen LogP) is 7.16. The van der Waals surface area contributed by atoms with E-state index in [2.05, 4.69) is 41.9 Å². The summed E-state index contributed by atoms with van der Waals surface area (Å²) >= 11 is 13.6. The average molecular weight is 600 g/mol. The van der Waals surface area contributed by atoms with Crippen LogP contribution in [0.1, 0.15) is 58.3 Å². The van der Waals surface area contributed by atoms with Crippen molar-refractivity contribution in [1.29, 1.82) is 0 Å². The normalized spacial score (nSPS) is 12.6. The molecule has 0 aliphatic heterocycles. The monoisotopic (exact) mass is 597 g/mol. The molecule has 1 atom stereocenters. The van der Waals surface area contributed by atoms with E-state index in [-0.39, 0.29) is 17.6 Å². The molecule has 0 radical (unpaired) electrons. The zero-order valence-electron chi connectivity index (χ0n) is 19.2. The summed E-state index contributed by atoms with van der Waals surface area (Å²) in [6, 6.07) is 7.24. The van der Waals surface area contributed by atoms with E-state index in [1.165, 1.54) is 4.68 Å². The summed E-state index contributed by atoms with van der Waals surface area (Å²) in [6.45, 7) is 10.3. The molecule has 0 aliphatic rings. The summed E-state index contributed by atoms with van der Waals surface area (Å²) in [5.41, 5.74) is 1.04. The van der Waals surface area contributed by atoms with Gasteiger partial charge in [-0.05, 0) is 60.5 Å². The number of ether oxygens (including phenoxy) is 2. The second kappa shape index (κ2) is 11.0. The van der Waals surface area contributed by atoms with Crippen molar-refractivity contribution in [1.82, 2.24) is 9.66 Å². The minimum absolute atomic E-state index is 0.0137. The Morgan fingerprint density at radius 3 is 2.58 bits per heavy atom. The third kappa shape index (κ3) is 5.61. The number of aromatic nitrogens is 2. The van der Waals surface area contributed by atoms with Gasteiger partial charge in [-0.1, -0.05) is 48.3 Å². The van der Waals surface area contributed by atoms with E-state index in [1.54, 1.807) is 18.3 Å². The predicted molar refractivity (Wildman–Crippen MR) is 141 cm³/mol. The van der Waals surface area contributed by atoms with Gasteiger partial charge in [0.15, 0.2) is 11.5 Å². The van der Waals surface area contributed by atoms with E-state index in [1.807, 2.05) is 46.8 Å². The molecule has 0 unspecified atom stereocenters. The lowest BCUT2D eigenvalue weighted by Gasteiger charge is -2.19. The summed E-state index contributed by atoms with van der Waals surface area (Å²) in [6.07, 6.45) is 2.38. The SMILES string of the molecule is CCOc1cc(C=Nn2c(C(C)C)nc3ccc(Br)cc3c2=O)c(Br)c(Cl)c1O[C@H](C)CC. The average Bonchev–Trinajstić information content (AvgIpc) is 2.78. The number of rotatable bonds is 8. The second-order valence-electron chi connectivity index (χ2n) is 7.84. The number of halogens is 3. The van der Waals surface area contributed by atoms with Crippen LogP contribution in [0.2, 0.25) is 5.02 Å². The van der Waals surface area contributed by atoms with E-state index in [9.17, 15) is 4.79 Å². The highest BCUT2D eigenvalue weighted by molar-refractivity contribution is 9.10. The van der Waals surface area contributed by atoms with Gasteiger partial charge in [0.1, 0.15) is 10.8 Å². The zero-order valence-corrected chi connectivity index (χ0v) is 23.1. The van der Waals surface area contributed by atoms with Crippen molar-refractivity contribution in [3.8, 4) is 11.5 Å². The molecule has 0 saturated heterocycles. The first kappa shape index (κ1) is 25.7. The molecule has 3 aromatic rings. The first-order valence-electron chi connectivity index (χ1n) is 10.8. The van der Waals surface area contributed by atoms with E-state index in [0.717, 1.165) is 10.9 Å². The number of hydrogen-bond donors (Lipinski definition) is 0. The molecule has 33 heavy (non-hydrogen) atoms. The van der Waals surface area contributed by atoms with E-state index < -0.39 is 0 Å². The maximum absolute atomic E-state index is 13.3. The molecular weight excluding hydrogens is 574 g/mol. The van der Waals surface area contributed by atoms with Crippen molar-refractivity contribution in [2.45, 2.75) is 53.1 Å². The van der Waals surface area contributed by atoms with Crippen LogP contribution in [0.15, 0.2) is 43.1 Å². The second-order valence-corrected chi connectivity index (χ2v) is 9.93. The van der Waals surface area contributed by atoms with E-state index in [0.29, 0.717) is 49.9 Å². The highest BCUT2D eigenvalue weighted by Gasteiger charge is 2.19. The summed E-state index contributed by atoms with van der Waals surface area (Å²) in [5.74, 6) is 1.55. The first-order chi connectivity index (χ1) is 15.7. The first-order valence-corrected chi connectivity index (χ1v) is 12.7. The molecule has 176 valence electrons. The molecule has 6 nitrogen and oxygen atoms in total. The van der Waals surface area contributed by atoms with Gasteiger partial charge in [-0.15, -0.1) is 0 Å². The van der Waals surface area contributed by atoms with Crippen LogP contribution in [0.3, 0.4) is 0 Å². The number of benzene rings is 2. The largest absolute Gasteiger partial charge is 0.490 e. The third-order valence-corrected chi connectivity index (χ3v) is 6.95. The molecule has 0 bridgehead atoms. The van der Waals surface area contributed by atoms with Gasteiger partial charge in [-0.3, -0.25) is 4.79 Å². The van der Waals surface area contributed by atoms with Crippen molar-refractivity contribution >= 4 is 60.6 Å². The Balaban J connectivity index is 2.15. The molecule has 0 saturated carbocycles. The van der Waals surface area contributed by atoms with Gasteiger partial charge in [0.2, 0.25) is 0 Å². The number of hydrogen-bond acceptors (Lipinski definition) is 5. The van der Waals surface area contributed by atoms with Gasteiger partial charge in [0, 0.05) is 20.4 Å². The Hall–Kier alpha value is -1.90. The van der Waals surface area contributed by atoms with Crippen LogP contribution in [0.25, 0.3) is 10.9 Å². The van der Waals surface area contributed by atoms with Crippen LogP contribution in [0.4, 0.5) is 0 Å².